The van der Waals surface area contributed by atoms with Crippen LogP contribution < -0.4 is 5.32 Å². The summed E-state index contributed by atoms with van der Waals surface area (Å²) in [4.78, 5) is 4.79. The topological polar surface area (TPSA) is 24.9 Å². The molecule has 1 heterocycles. The number of rotatable bonds is 4. The Labute approximate surface area is 125 Å². The highest BCUT2D eigenvalue weighted by atomic mass is 32.1. The molecule has 1 aliphatic rings. The van der Waals surface area contributed by atoms with Crippen molar-refractivity contribution in [3.8, 4) is 0 Å². The quantitative estimate of drug-likeness (QED) is 0.909. The van der Waals surface area contributed by atoms with E-state index in [0.717, 1.165) is 23.8 Å². The predicted octanol–water partition coefficient (Wildman–Crippen LogP) is 4.25. The minimum absolute atomic E-state index is 0.582. The molecule has 3 unspecified atom stereocenters. The molecule has 0 spiro atoms. The Kier molecular flexibility index (Phi) is 4.37. The van der Waals surface area contributed by atoms with Gasteiger partial charge in [0.15, 0.2) is 0 Å². The van der Waals surface area contributed by atoms with E-state index < -0.39 is 0 Å². The average molecular weight is 288 g/mol. The number of para-hydroxylation sites is 1. The molecule has 20 heavy (non-hydrogen) atoms. The maximum atomic E-state index is 4.79. The van der Waals surface area contributed by atoms with Gasteiger partial charge < -0.3 is 5.32 Å². The van der Waals surface area contributed by atoms with Crippen LogP contribution in [0.4, 0.5) is 0 Å². The Bertz CT molecular complexity index is 530. The predicted molar refractivity (Wildman–Crippen MR) is 87.3 cm³/mol. The molecule has 2 aromatic rings. The molecule has 108 valence electrons. The van der Waals surface area contributed by atoms with Crippen molar-refractivity contribution < 1.29 is 0 Å². The second-order valence-electron chi connectivity index (χ2n) is 6.21. The second kappa shape index (κ2) is 6.23. The molecule has 1 fully saturated rings. The summed E-state index contributed by atoms with van der Waals surface area (Å²) in [5.41, 5.74) is 1.15. The summed E-state index contributed by atoms with van der Waals surface area (Å²) in [6.07, 6.45) is 6.63. The van der Waals surface area contributed by atoms with E-state index in [-0.39, 0.29) is 0 Å². The summed E-state index contributed by atoms with van der Waals surface area (Å²) < 4.78 is 1.31. The highest BCUT2D eigenvalue weighted by Crippen LogP contribution is 2.32. The van der Waals surface area contributed by atoms with E-state index in [4.69, 9.17) is 4.98 Å². The fourth-order valence-electron chi connectivity index (χ4n) is 3.55. The van der Waals surface area contributed by atoms with E-state index in [1.165, 1.54) is 35.4 Å². The molecule has 1 saturated carbocycles. The van der Waals surface area contributed by atoms with Gasteiger partial charge in [-0.2, -0.15) is 0 Å². The molecule has 3 rings (SSSR count). The fraction of sp³-hybridized carbons (Fsp3) is 0.588. The maximum Gasteiger partial charge on any atom is 0.0954 e. The molecule has 1 aromatic carbocycles. The van der Waals surface area contributed by atoms with E-state index in [1.54, 1.807) is 0 Å². The Morgan fingerprint density at radius 1 is 1.35 bits per heavy atom. The number of hydrogen-bond donors (Lipinski definition) is 1. The summed E-state index contributed by atoms with van der Waals surface area (Å²) in [7, 11) is 2.11. The standard InChI is InChI=1S/C17H24N2S/c1-12-6-5-7-13(10-12)15(18-2)11-17-19-14-8-3-4-9-16(14)20-17/h3-4,8-9,12-13,15,18H,5-7,10-11H2,1-2H3. The van der Waals surface area contributed by atoms with Crippen LogP contribution in [0.2, 0.25) is 0 Å². The monoisotopic (exact) mass is 288 g/mol. The molecule has 0 amide bonds. The second-order valence-corrected chi connectivity index (χ2v) is 7.32. The summed E-state index contributed by atoms with van der Waals surface area (Å²) in [5, 5.41) is 4.83. The van der Waals surface area contributed by atoms with Crippen LogP contribution in [0.15, 0.2) is 24.3 Å². The van der Waals surface area contributed by atoms with Gasteiger partial charge in [0.05, 0.1) is 15.2 Å². The van der Waals surface area contributed by atoms with Crippen molar-refractivity contribution in [1.29, 1.82) is 0 Å². The number of nitrogens with zero attached hydrogens (tertiary/aromatic N) is 1. The van der Waals surface area contributed by atoms with Crippen LogP contribution in [0, 0.1) is 11.8 Å². The SMILES string of the molecule is CNC(Cc1nc2ccccc2s1)C1CCCC(C)C1. The third-order valence-electron chi connectivity index (χ3n) is 4.65. The van der Waals surface area contributed by atoms with Gasteiger partial charge in [-0.05, 0) is 43.9 Å². The first-order chi connectivity index (χ1) is 9.76. The first-order valence-electron chi connectivity index (χ1n) is 7.78. The Morgan fingerprint density at radius 3 is 2.95 bits per heavy atom. The summed E-state index contributed by atoms with van der Waals surface area (Å²) in [6.45, 7) is 2.40. The highest BCUT2D eigenvalue weighted by Gasteiger charge is 2.26. The van der Waals surface area contributed by atoms with Crippen LogP contribution in [0.3, 0.4) is 0 Å². The van der Waals surface area contributed by atoms with Crippen LogP contribution in [0.5, 0.6) is 0 Å². The van der Waals surface area contributed by atoms with E-state index in [1.807, 2.05) is 11.3 Å². The number of likely N-dealkylation sites (N-methyl/N-ethyl adjacent to an activating group) is 1. The first-order valence-corrected chi connectivity index (χ1v) is 8.59. The van der Waals surface area contributed by atoms with Gasteiger partial charge in [0.25, 0.3) is 0 Å². The number of aromatic nitrogens is 1. The van der Waals surface area contributed by atoms with E-state index >= 15 is 0 Å². The Morgan fingerprint density at radius 2 is 2.20 bits per heavy atom. The van der Waals surface area contributed by atoms with Gasteiger partial charge in [0, 0.05) is 12.5 Å². The molecular weight excluding hydrogens is 264 g/mol. The third kappa shape index (κ3) is 3.04. The van der Waals surface area contributed by atoms with Crippen molar-refractivity contribution in [2.24, 2.45) is 11.8 Å². The highest BCUT2D eigenvalue weighted by molar-refractivity contribution is 7.18. The van der Waals surface area contributed by atoms with Gasteiger partial charge >= 0.3 is 0 Å². The lowest BCUT2D eigenvalue weighted by molar-refractivity contribution is 0.227. The van der Waals surface area contributed by atoms with Gasteiger partial charge in [-0.1, -0.05) is 31.9 Å². The minimum atomic E-state index is 0.582. The molecule has 3 heteroatoms. The van der Waals surface area contributed by atoms with E-state index in [2.05, 4.69) is 43.6 Å². The Balaban J connectivity index is 1.73. The number of hydrogen-bond acceptors (Lipinski definition) is 3. The van der Waals surface area contributed by atoms with Gasteiger partial charge in [0.1, 0.15) is 0 Å². The number of benzene rings is 1. The summed E-state index contributed by atoms with van der Waals surface area (Å²) in [6, 6.07) is 9.05. The molecule has 0 bridgehead atoms. The molecule has 3 atom stereocenters. The molecule has 1 aromatic heterocycles. The van der Waals surface area contributed by atoms with Crippen LogP contribution in [0.25, 0.3) is 10.2 Å². The van der Waals surface area contributed by atoms with Gasteiger partial charge in [-0.25, -0.2) is 4.98 Å². The van der Waals surface area contributed by atoms with Crippen LogP contribution in [-0.4, -0.2) is 18.1 Å². The lowest BCUT2D eigenvalue weighted by Crippen LogP contribution is -2.37. The van der Waals surface area contributed by atoms with Crippen LogP contribution in [-0.2, 0) is 6.42 Å². The lowest BCUT2D eigenvalue weighted by atomic mass is 9.78. The number of thiazole rings is 1. The number of nitrogens with one attached hydrogen (secondary N) is 1. The molecule has 2 nitrogen and oxygen atoms in total. The molecule has 1 N–H and O–H groups in total. The van der Waals surface area contributed by atoms with Crippen molar-refractivity contribution >= 4 is 21.6 Å². The molecule has 0 radical (unpaired) electrons. The van der Waals surface area contributed by atoms with Crippen LogP contribution in [0.1, 0.15) is 37.6 Å². The van der Waals surface area contributed by atoms with Crippen LogP contribution >= 0.6 is 11.3 Å². The zero-order valence-electron chi connectivity index (χ0n) is 12.4. The third-order valence-corrected chi connectivity index (χ3v) is 5.71. The molecule has 0 aliphatic heterocycles. The normalized spacial score (nSPS) is 24.9. The van der Waals surface area contributed by atoms with Crippen molar-refractivity contribution in [3.05, 3.63) is 29.3 Å². The van der Waals surface area contributed by atoms with Gasteiger partial charge in [0.2, 0.25) is 0 Å². The smallest absolute Gasteiger partial charge is 0.0954 e. The van der Waals surface area contributed by atoms with Gasteiger partial charge in [-0.3, -0.25) is 0 Å². The number of fused-ring (bicyclic) bond motifs is 1. The first kappa shape index (κ1) is 14.0. The van der Waals surface area contributed by atoms with E-state index in [9.17, 15) is 0 Å². The molecule has 0 saturated heterocycles. The lowest BCUT2D eigenvalue weighted by Gasteiger charge is -2.32. The molecule has 1 aliphatic carbocycles. The summed E-state index contributed by atoms with van der Waals surface area (Å²) >= 11 is 1.85. The van der Waals surface area contributed by atoms with Crippen molar-refractivity contribution in [3.63, 3.8) is 0 Å². The zero-order valence-corrected chi connectivity index (χ0v) is 13.2. The Hall–Kier alpha value is -0.930. The summed E-state index contributed by atoms with van der Waals surface area (Å²) in [5.74, 6) is 1.70. The largest absolute Gasteiger partial charge is 0.316 e. The fourth-order valence-corrected chi connectivity index (χ4v) is 4.57. The zero-order chi connectivity index (χ0) is 13.9. The average Bonchev–Trinajstić information content (AvgIpc) is 2.87. The van der Waals surface area contributed by atoms with Gasteiger partial charge in [-0.15, -0.1) is 11.3 Å². The molecular formula is C17H24N2S. The maximum absolute atomic E-state index is 4.79. The van der Waals surface area contributed by atoms with Crippen molar-refractivity contribution in [1.82, 2.24) is 10.3 Å². The van der Waals surface area contributed by atoms with Crippen molar-refractivity contribution in [2.75, 3.05) is 7.05 Å². The minimum Gasteiger partial charge on any atom is -0.316 e. The van der Waals surface area contributed by atoms with Crippen molar-refractivity contribution in [2.45, 2.75) is 45.1 Å². The van der Waals surface area contributed by atoms with E-state index in [0.29, 0.717) is 6.04 Å².